The predicted molar refractivity (Wildman–Crippen MR) is 56.7 cm³/mol. The van der Waals surface area contributed by atoms with Crippen molar-refractivity contribution in [2.75, 3.05) is 13.6 Å². The van der Waals surface area contributed by atoms with Gasteiger partial charge in [0.25, 0.3) is 0 Å². The molecule has 0 aliphatic heterocycles. The highest BCUT2D eigenvalue weighted by Gasteiger charge is 2.20. The van der Waals surface area contributed by atoms with Gasteiger partial charge in [-0.3, -0.25) is 4.79 Å². The fourth-order valence-electron chi connectivity index (χ4n) is 2.09. The highest BCUT2D eigenvalue weighted by Crippen LogP contribution is 2.26. The SMILES string of the molecule is CNCC(=O)c1ccc2c(c1F)CCC2. The molecular formula is C12H14FNO. The second-order valence-electron chi connectivity index (χ2n) is 3.87. The van der Waals surface area contributed by atoms with Gasteiger partial charge in [-0.25, -0.2) is 4.39 Å². The summed E-state index contributed by atoms with van der Waals surface area (Å²) in [6.45, 7) is 0.190. The van der Waals surface area contributed by atoms with Crippen molar-refractivity contribution >= 4 is 5.78 Å². The zero-order valence-electron chi connectivity index (χ0n) is 8.77. The Labute approximate surface area is 88.5 Å². The molecule has 0 radical (unpaired) electrons. The van der Waals surface area contributed by atoms with E-state index >= 15 is 0 Å². The van der Waals surface area contributed by atoms with Gasteiger partial charge in [0.2, 0.25) is 0 Å². The molecular weight excluding hydrogens is 193 g/mol. The minimum absolute atomic E-state index is 0.176. The number of carbonyl (C=O) groups is 1. The summed E-state index contributed by atoms with van der Waals surface area (Å²) < 4.78 is 13.9. The summed E-state index contributed by atoms with van der Waals surface area (Å²) in [4.78, 5) is 11.6. The lowest BCUT2D eigenvalue weighted by Crippen LogP contribution is -2.20. The quantitative estimate of drug-likeness (QED) is 0.764. The number of aryl methyl sites for hydroxylation is 1. The van der Waals surface area contributed by atoms with Crippen LogP contribution in [-0.2, 0) is 12.8 Å². The summed E-state index contributed by atoms with van der Waals surface area (Å²) in [5.41, 5.74) is 2.04. The van der Waals surface area contributed by atoms with Gasteiger partial charge < -0.3 is 5.32 Å². The maximum absolute atomic E-state index is 13.9. The predicted octanol–water partition coefficient (Wildman–Crippen LogP) is 1.72. The molecule has 1 N–H and O–H groups in total. The van der Waals surface area contributed by atoms with Gasteiger partial charge >= 0.3 is 0 Å². The van der Waals surface area contributed by atoms with Crippen molar-refractivity contribution in [1.29, 1.82) is 0 Å². The lowest BCUT2D eigenvalue weighted by molar-refractivity contribution is 0.0989. The lowest BCUT2D eigenvalue weighted by Gasteiger charge is -2.06. The number of carbonyl (C=O) groups excluding carboxylic acids is 1. The molecule has 1 aliphatic carbocycles. The fourth-order valence-corrected chi connectivity index (χ4v) is 2.09. The van der Waals surface area contributed by atoms with Crippen LogP contribution < -0.4 is 5.32 Å². The van der Waals surface area contributed by atoms with Crippen molar-refractivity contribution in [2.45, 2.75) is 19.3 Å². The van der Waals surface area contributed by atoms with Crippen LogP contribution in [0, 0.1) is 5.82 Å². The molecule has 0 amide bonds. The first kappa shape index (κ1) is 10.3. The fraction of sp³-hybridized carbons (Fsp3) is 0.417. The van der Waals surface area contributed by atoms with Crippen molar-refractivity contribution in [3.05, 3.63) is 34.6 Å². The zero-order chi connectivity index (χ0) is 10.8. The van der Waals surface area contributed by atoms with Gasteiger partial charge in [0, 0.05) is 0 Å². The van der Waals surface area contributed by atoms with Gasteiger partial charge in [-0.05, 0) is 43.5 Å². The second-order valence-corrected chi connectivity index (χ2v) is 3.87. The topological polar surface area (TPSA) is 29.1 Å². The summed E-state index contributed by atoms with van der Waals surface area (Å²) >= 11 is 0. The number of nitrogens with one attached hydrogen (secondary N) is 1. The van der Waals surface area contributed by atoms with Gasteiger partial charge in [0.1, 0.15) is 5.82 Å². The molecule has 0 heterocycles. The monoisotopic (exact) mass is 207 g/mol. The average molecular weight is 207 g/mol. The van der Waals surface area contributed by atoms with E-state index in [0.29, 0.717) is 0 Å². The third-order valence-corrected chi connectivity index (χ3v) is 2.85. The molecule has 1 aromatic carbocycles. The molecule has 0 saturated carbocycles. The second kappa shape index (κ2) is 4.11. The highest BCUT2D eigenvalue weighted by molar-refractivity contribution is 5.98. The Balaban J connectivity index is 2.38. The smallest absolute Gasteiger partial charge is 0.179 e. The third-order valence-electron chi connectivity index (χ3n) is 2.85. The van der Waals surface area contributed by atoms with E-state index in [0.717, 1.165) is 30.4 Å². The molecule has 2 rings (SSSR count). The van der Waals surface area contributed by atoms with E-state index < -0.39 is 0 Å². The van der Waals surface area contributed by atoms with Gasteiger partial charge in [0.05, 0.1) is 12.1 Å². The Bertz CT molecular complexity index is 401. The number of hydrogen-bond donors (Lipinski definition) is 1. The summed E-state index contributed by atoms with van der Waals surface area (Å²) in [6, 6.07) is 3.49. The molecule has 15 heavy (non-hydrogen) atoms. The van der Waals surface area contributed by atoms with Crippen LogP contribution >= 0.6 is 0 Å². The largest absolute Gasteiger partial charge is 0.313 e. The molecule has 0 atom stereocenters. The molecule has 0 bridgehead atoms. The number of likely N-dealkylation sites (N-methyl/N-ethyl adjacent to an activating group) is 1. The van der Waals surface area contributed by atoms with Crippen molar-refractivity contribution < 1.29 is 9.18 Å². The van der Waals surface area contributed by atoms with Crippen LogP contribution in [0.5, 0.6) is 0 Å². The van der Waals surface area contributed by atoms with Crippen molar-refractivity contribution in [1.82, 2.24) is 5.32 Å². The summed E-state index contributed by atoms with van der Waals surface area (Å²) in [7, 11) is 1.68. The molecule has 0 fully saturated rings. The Morgan fingerprint density at radius 2 is 2.27 bits per heavy atom. The van der Waals surface area contributed by atoms with Crippen molar-refractivity contribution in [2.24, 2.45) is 0 Å². The molecule has 0 unspecified atom stereocenters. The van der Waals surface area contributed by atoms with Crippen molar-refractivity contribution in [3.63, 3.8) is 0 Å². The number of ketones is 1. The number of halogens is 1. The molecule has 2 nitrogen and oxygen atoms in total. The van der Waals surface area contributed by atoms with Gasteiger partial charge in [-0.1, -0.05) is 6.07 Å². The maximum atomic E-state index is 13.9. The Kier molecular flexibility index (Phi) is 2.82. The number of Topliss-reactive ketones (excluding diaryl/α,β-unsaturated/α-hetero) is 1. The minimum Gasteiger partial charge on any atom is -0.313 e. The van der Waals surface area contributed by atoms with Gasteiger partial charge in [0.15, 0.2) is 5.78 Å². The molecule has 0 aromatic heterocycles. The number of rotatable bonds is 3. The molecule has 3 heteroatoms. The van der Waals surface area contributed by atoms with E-state index in [1.807, 2.05) is 6.07 Å². The van der Waals surface area contributed by atoms with Crippen LogP contribution in [0.15, 0.2) is 12.1 Å². The zero-order valence-corrected chi connectivity index (χ0v) is 8.77. The first-order valence-corrected chi connectivity index (χ1v) is 5.22. The van der Waals surface area contributed by atoms with E-state index in [4.69, 9.17) is 0 Å². The highest BCUT2D eigenvalue weighted by atomic mass is 19.1. The van der Waals surface area contributed by atoms with Crippen LogP contribution in [-0.4, -0.2) is 19.4 Å². The number of hydrogen-bond acceptors (Lipinski definition) is 2. The summed E-state index contributed by atoms with van der Waals surface area (Å²) in [5, 5.41) is 2.74. The Morgan fingerprint density at radius 1 is 1.47 bits per heavy atom. The Morgan fingerprint density at radius 3 is 3.00 bits per heavy atom. The van der Waals surface area contributed by atoms with E-state index in [2.05, 4.69) is 5.32 Å². The van der Waals surface area contributed by atoms with Gasteiger partial charge in [-0.15, -0.1) is 0 Å². The van der Waals surface area contributed by atoms with Crippen molar-refractivity contribution in [3.8, 4) is 0 Å². The van der Waals surface area contributed by atoms with E-state index in [1.54, 1.807) is 13.1 Å². The number of fused-ring (bicyclic) bond motifs is 1. The first-order chi connectivity index (χ1) is 7.24. The van der Waals surface area contributed by atoms with Crippen LogP contribution in [0.4, 0.5) is 4.39 Å². The lowest BCUT2D eigenvalue weighted by atomic mass is 10.0. The molecule has 1 aliphatic rings. The maximum Gasteiger partial charge on any atom is 0.179 e. The molecule has 0 spiro atoms. The standard InChI is InChI=1S/C12H14FNO/c1-14-7-11(15)10-6-5-8-3-2-4-9(8)12(10)13/h5-6,14H,2-4,7H2,1H3. The molecule has 1 aromatic rings. The Hall–Kier alpha value is -1.22. The molecule has 80 valence electrons. The minimum atomic E-state index is -0.301. The molecule has 0 saturated heterocycles. The van der Waals surface area contributed by atoms with E-state index in [-0.39, 0.29) is 23.7 Å². The average Bonchev–Trinajstić information content (AvgIpc) is 2.67. The number of benzene rings is 1. The van der Waals surface area contributed by atoms with Gasteiger partial charge in [-0.2, -0.15) is 0 Å². The van der Waals surface area contributed by atoms with Crippen LogP contribution in [0.3, 0.4) is 0 Å². The van der Waals surface area contributed by atoms with E-state index in [1.165, 1.54) is 0 Å². The summed E-state index contributed by atoms with van der Waals surface area (Å²) in [6.07, 6.45) is 2.70. The first-order valence-electron chi connectivity index (χ1n) is 5.22. The normalized spacial score (nSPS) is 14.0. The van der Waals surface area contributed by atoms with Crippen LogP contribution in [0.1, 0.15) is 27.9 Å². The van der Waals surface area contributed by atoms with Crippen LogP contribution in [0.25, 0.3) is 0 Å². The third kappa shape index (κ3) is 1.79. The van der Waals surface area contributed by atoms with Crippen LogP contribution in [0.2, 0.25) is 0 Å². The van der Waals surface area contributed by atoms with E-state index in [9.17, 15) is 9.18 Å². The summed E-state index contributed by atoms with van der Waals surface area (Å²) in [5.74, 6) is -0.477.